The molecule has 1 aromatic carbocycles. The van der Waals surface area contributed by atoms with Crippen LogP contribution in [0.4, 0.5) is 0 Å². The van der Waals surface area contributed by atoms with Gasteiger partial charge >= 0.3 is 0 Å². The lowest BCUT2D eigenvalue weighted by molar-refractivity contribution is 0.0773. The van der Waals surface area contributed by atoms with Crippen molar-refractivity contribution >= 4 is 11.8 Å². The minimum absolute atomic E-state index is 0.126. The molecule has 3 heterocycles. The smallest absolute Gasteiger partial charge is 0.268 e. The van der Waals surface area contributed by atoms with Crippen LogP contribution in [0.25, 0.3) is 0 Å². The lowest BCUT2D eigenvalue weighted by Crippen LogP contribution is -2.32. The lowest BCUT2D eigenvalue weighted by Gasteiger charge is -2.21. The largest absolute Gasteiger partial charge is 0.480 e. The molecule has 2 N–H and O–H groups in total. The molecule has 1 unspecified atom stereocenters. The molecule has 9 nitrogen and oxygen atoms in total. The maximum Gasteiger partial charge on any atom is 0.268 e. The van der Waals surface area contributed by atoms with Gasteiger partial charge in [0.05, 0.1) is 61.8 Å². The molecule has 0 fully saturated rings. The number of hydrogen-bond donors (Lipinski definition) is 2. The van der Waals surface area contributed by atoms with Gasteiger partial charge in [0.25, 0.3) is 11.8 Å². The van der Waals surface area contributed by atoms with E-state index in [4.69, 9.17) is 9.47 Å². The monoisotopic (exact) mass is 477 g/mol. The third kappa shape index (κ3) is 5.35. The molecule has 0 bridgehead atoms. The molecule has 4 rings (SSSR count). The molecule has 2 amide bonds. The third-order valence-corrected chi connectivity index (χ3v) is 6.23. The van der Waals surface area contributed by atoms with Crippen LogP contribution >= 0.6 is 0 Å². The summed E-state index contributed by atoms with van der Waals surface area (Å²) in [6.45, 7) is 5.25. The summed E-state index contributed by atoms with van der Waals surface area (Å²) >= 11 is 0. The van der Waals surface area contributed by atoms with Crippen molar-refractivity contribution in [2.75, 3.05) is 13.7 Å². The number of nitrogens with zero attached hydrogens (tertiary/aromatic N) is 3. The normalized spacial score (nSPS) is 14.5. The van der Waals surface area contributed by atoms with Gasteiger partial charge in [0.1, 0.15) is 5.69 Å². The quantitative estimate of drug-likeness (QED) is 0.488. The van der Waals surface area contributed by atoms with Crippen molar-refractivity contribution in [3.05, 3.63) is 77.0 Å². The summed E-state index contributed by atoms with van der Waals surface area (Å²) in [5.74, 6) is -0.0824. The van der Waals surface area contributed by atoms with Crippen LogP contribution < -0.4 is 15.4 Å². The van der Waals surface area contributed by atoms with Gasteiger partial charge in [0.15, 0.2) is 0 Å². The van der Waals surface area contributed by atoms with E-state index < -0.39 is 0 Å². The second-order valence-electron chi connectivity index (χ2n) is 8.36. The molecular formula is C26H31N5O4. The lowest BCUT2D eigenvalue weighted by atomic mass is 10.0. The van der Waals surface area contributed by atoms with E-state index in [2.05, 4.69) is 20.6 Å². The van der Waals surface area contributed by atoms with E-state index in [1.165, 1.54) is 13.3 Å². The van der Waals surface area contributed by atoms with E-state index in [1.807, 2.05) is 48.7 Å². The maximum atomic E-state index is 13.3. The number of amides is 2. The molecule has 1 aliphatic heterocycles. The maximum absolute atomic E-state index is 13.3. The van der Waals surface area contributed by atoms with E-state index in [-0.39, 0.29) is 30.5 Å². The second kappa shape index (κ2) is 11.1. The summed E-state index contributed by atoms with van der Waals surface area (Å²) in [5.41, 5.74) is 3.28. The number of ether oxygens (including phenoxy) is 2. The van der Waals surface area contributed by atoms with Crippen LogP contribution in [0.15, 0.2) is 48.8 Å². The van der Waals surface area contributed by atoms with Crippen molar-refractivity contribution in [1.82, 2.24) is 25.2 Å². The van der Waals surface area contributed by atoms with E-state index >= 15 is 0 Å². The van der Waals surface area contributed by atoms with Crippen LogP contribution in [-0.2, 0) is 17.9 Å². The molecule has 9 heteroatoms. The number of aromatic nitrogens is 3. The summed E-state index contributed by atoms with van der Waals surface area (Å²) in [7, 11) is 1.53. The zero-order valence-corrected chi connectivity index (χ0v) is 20.3. The molecule has 0 radical (unpaired) electrons. The topological polar surface area (TPSA) is 107 Å². The van der Waals surface area contributed by atoms with E-state index in [1.54, 1.807) is 12.3 Å². The van der Waals surface area contributed by atoms with Crippen molar-refractivity contribution in [2.24, 2.45) is 0 Å². The fraction of sp³-hybridized carbons (Fsp3) is 0.385. The van der Waals surface area contributed by atoms with Gasteiger partial charge < -0.3 is 24.7 Å². The molecule has 35 heavy (non-hydrogen) atoms. The molecule has 0 saturated carbocycles. The van der Waals surface area contributed by atoms with Crippen molar-refractivity contribution in [3.63, 3.8) is 0 Å². The van der Waals surface area contributed by atoms with Crippen LogP contribution in [0.2, 0.25) is 0 Å². The number of methoxy groups -OCH3 is 1. The first-order valence-corrected chi connectivity index (χ1v) is 11.9. The van der Waals surface area contributed by atoms with E-state index in [0.717, 1.165) is 12.0 Å². The molecular weight excluding hydrogens is 446 g/mol. The number of benzene rings is 1. The minimum atomic E-state index is -0.327. The highest BCUT2D eigenvalue weighted by atomic mass is 16.5. The predicted octanol–water partition coefficient (Wildman–Crippen LogP) is 3.58. The van der Waals surface area contributed by atoms with Crippen LogP contribution in [0.3, 0.4) is 0 Å². The molecule has 0 spiro atoms. The van der Waals surface area contributed by atoms with Crippen LogP contribution in [0.1, 0.15) is 76.6 Å². The minimum Gasteiger partial charge on any atom is -0.480 e. The standard InChI is InChI=1S/C26H31N5O4/c1-4-19(17-9-7-6-8-10-17)29-25(32)18-13-22(31-11-12-35-16-23(18)31)26(33)30-20(5-2)21-14-28-24(34-3)15-27-21/h6-10,13-15,19-20H,4-5,11-12,16H2,1-3H3,(H,29,32)(H,30,33)/t19-,20?/m1/s1. The number of hydrogen-bond acceptors (Lipinski definition) is 6. The van der Waals surface area contributed by atoms with E-state index in [0.29, 0.717) is 48.1 Å². The Labute approximate surface area is 204 Å². The number of fused-ring (bicyclic) bond motifs is 1. The Balaban J connectivity index is 1.57. The second-order valence-corrected chi connectivity index (χ2v) is 8.36. The molecule has 0 aliphatic carbocycles. The van der Waals surface area contributed by atoms with Gasteiger partial charge in [-0.1, -0.05) is 44.2 Å². The molecule has 0 saturated heterocycles. The molecule has 2 aromatic heterocycles. The highest BCUT2D eigenvalue weighted by molar-refractivity contribution is 6.01. The average Bonchev–Trinajstić information content (AvgIpc) is 3.31. The SMILES string of the molecule is CCC(NC(=O)c1cc(C(=O)N[C@H](CC)c2ccccc2)c2n1CCOC2)c1cnc(OC)cn1. The predicted molar refractivity (Wildman–Crippen MR) is 130 cm³/mol. The van der Waals surface area contributed by atoms with Gasteiger partial charge in [-0.25, -0.2) is 4.98 Å². The Bertz CT molecular complexity index is 1160. The van der Waals surface area contributed by atoms with Crippen molar-refractivity contribution in [2.45, 2.75) is 51.9 Å². The summed E-state index contributed by atoms with van der Waals surface area (Å²) in [4.78, 5) is 35.2. The van der Waals surface area contributed by atoms with Crippen molar-refractivity contribution in [1.29, 1.82) is 0 Å². The fourth-order valence-electron chi connectivity index (χ4n) is 4.28. The highest BCUT2D eigenvalue weighted by Crippen LogP contribution is 2.24. The molecule has 184 valence electrons. The van der Waals surface area contributed by atoms with Gasteiger partial charge in [-0.15, -0.1) is 0 Å². The Hall–Kier alpha value is -3.72. The third-order valence-electron chi connectivity index (χ3n) is 6.23. The van der Waals surface area contributed by atoms with Gasteiger partial charge in [-0.3, -0.25) is 14.6 Å². The first-order valence-electron chi connectivity index (χ1n) is 11.9. The Kier molecular flexibility index (Phi) is 7.77. The molecule has 3 aromatic rings. The summed E-state index contributed by atoms with van der Waals surface area (Å²) in [6.07, 6.45) is 4.50. The Morgan fingerprint density at radius 3 is 2.46 bits per heavy atom. The average molecular weight is 478 g/mol. The van der Waals surface area contributed by atoms with Gasteiger partial charge in [-0.2, -0.15) is 0 Å². The summed E-state index contributed by atoms with van der Waals surface area (Å²) < 4.78 is 12.6. The first-order chi connectivity index (χ1) is 17.0. The zero-order chi connectivity index (χ0) is 24.8. The Morgan fingerprint density at radius 1 is 1.06 bits per heavy atom. The fourth-order valence-corrected chi connectivity index (χ4v) is 4.28. The first kappa shape index (κ1) is 24.4. The number of carbonyl (C=O) groups is 2. The van der Waals surface area contributed by atoms with Crippen LogP contribution in [-0.4, -0.2) is 40.1 Å². The molecule has 1 aliphatic rings. The van der Waals surface area contributed by atoms with Crippen LogP contribution in [0.5, 0.6) is 5.88 Å². The van der Waals surface area contributed by atoms with Crippen LogP contribution in [0, 0.1) is 0 Å². The summed E-state index contributed by atoms with van der Waals surface area (Å²) in [5, 5.41) is 6.16. The number of nitrogens with one attached hydrogen (secondary N) is 2. The van der Waals surface area contributed by atoms with Gasteiger partial charge in [0, 0.05) is 6.54 Å². The highest BCUT2D eigenvalue weighted by Gasteiger charge is 2.28. The van der Waals surface area contributed by atoms with E-state index in [9.17, 15) is 9.59 Å². The zero-order valence-electron chi connectivity index (χ0n) is 20.3. The Morgan fingerprint density at radius 2 is 1.80 bits per heavy atom. The number of rotatable bonds is 9. The molecule has 2 atom stereocenters. The summed E-state index contributed by atoms with van der Waals surface area (Å²) in [6, 6.07) is 11.1. The van der Waals surface area contributed by atoms with Crippen molar-refractivity contribution in [3.8, 4) is 5.88 Å². The number of carbonyl (C=O) groups excluding carboxylic acids is 2. The van der Waals surface area contributed by atoms with Gasteiger partial charge in [-0.05, 0) is 24.5 Å². The van der Waals surface area contributed by atoms with Crippen molar-refractivity contribution < 1.29 is 19.1 Å². The van der Waals surface area contributed by atoms with Gasteiger partial charge in [0.2, 0.25) is 5.88 Å².